The zero-order valence-corrected chi connectivity index (χ0v) is 25.9. The van der Waals surface area contributed by atoms with Crippen LogP contribution in [0.5, 0.6) is 5.75 Å². The number of aromatic nitrogens is 1. The first-order valence-corrected chi connectivity index (χ1v) is 15.3. The second-order valence-corrected chi connectivity index (χ2v) is 11.6. The maximum absolute atomic E-state index is 13.8. The number of carbonyl (C=O) groups excluding carboxylic acids is 3. The van der Waals surface area contributed by atoms with E-state index in [1.54, 1.807) is 42.6 Å². The van der Waals surface area contributed by atoms with Crippen molar-refractivity contribution in [2.24, 2.45) is 11.7 Å². The fraction of sp³-hybridized carbons (Fsp3) is 0.314. The summed E-state index contributed by atoms with van der Waals surface area (Å²) < 4.78 is 0. The number of carbonyl (C=O) groups is 4. The smallest absolute Gasteiger partial charge is 0.326 e. The molecule has 4 aromatic rings. The van der Waals surface area contributed by atoms with E-state index in [4.69, 9.17) is 5.73 Å². The summed E-state index contributed by atoms with van der Waals surface area (Å²) in [6.07, 6.45) is 2.53. The van der Waals surface area contributed by atoms with Gasteiger partial charge in [-0.25, -0.2) is 4.79 Å². The van der Waals surface area contributed by atoms with Crippen LogP contribution in [0.4, 0.5) is 0 Å². The van der Waals surface area contributed by atoms with Crippen molar-refractivity contribution in [1.82, 2.24) is 20.9 Å². The number of fused-ring (bicyclic) bond motifs is 1. The fourth-order valence-electron chi connectivity index (χ4n) is 5.18. The molecule has 5 atom stereocenters. The molecule has 5 unspecified atom stereocenters. The number of carboxylic acid groups (broad SMARTS) is 1. The number of rotatable bonds is 15. The Kier molecular flexibility index (Phi) is 11.5. The number of hydrogen-bond donors (Lipinski definition) is 7. The largest absolute Gasteiger partial charge is 0.508 e. The third kappa shape index (κ3) is 8.95. The highest BCUT2D eigenvalue weighted by Crippen LogP contribution is 2.19. The predicted molar refractivity (Wildman–Crippen MR) is 175 cm³/mol. The van der Waals surface area contributed by atoms with E-state index in [0.29, 0.717) is 12.0 Å². The minimum Gasteiger partial charge on any atom is -0.508 e. The second kappa shape index (κ2) is 15.7. The number of benzene rings is 3. The van der Waals surface area contributed by atoms with Gasteiger partial charge in [0.05, 0.1) is 6.04 Å². The third-order valence-electron chi connectivity index (χ3n) is 8.20. The van der Waals surface area contributed by atoms with Crippen molar-refractivity contribution in [1.29, 1.82) is 0 Å². The molecular weight excluding hydrogens is 586 g/mol. The van der Waals surface area contributed by atoms with Crippen LogP contribution in [0.15, 0.2) is 85.1 Å². The number of para-hydroxylation sites is 1. The Labute approximate surface area is 267 Å². The Hall–Kier alpha value is -5.16. The van der Waals surface area contributed by atoms with E-state index in [-0.39, 0.29) is 30.9 Å². The summed E-state index contributed by atoms with van der Waals surface area (Å²) in [5, 5.41) is 28.7. The number of phenols is 1. The first kappa shape index (κ1) is 33.7. The lowest BCUT2D eigenvalue weighted by atomic mass is 9.98. The van der Waals surface area contributed by atoms with Crippen molar-refractivity contribution in [2.45, 2.75) is 63.7 Å². The molecule has 0 aliphatic heterocycles. The molecule has 0 saturated carbocycles. The molecule has 11 heteroatoms. The number of aromatic hydroxyl groups is 1. The summed E-state index contributed by atoms with van der Waals surface area (Å²) in [7, 11) is 0. The van der Waals surface area contributed by atoms with Gasteiger partial charge in [-0.2, -0.15) is 0 Å². The van der Waals surface area contributed by atoms with Crippen LogP contribution in [0.1, 0.15) is 37.0 Å². The van der Waals surface area contributed by atoms with Gasteiger partial charge < -0.3 is 36.9 Å². The highest BCUT2D eigenvalue weighted by molar-refractivity contribution is 5.94. The van der Waals surface area contributed by atoms with E-state index < -0.39 is 47.9 Å². The maximum atomic E-state index is 13.8. The van der Waals surface area contributed by atoms with Crippen molar-refractivity contribution < 1.29 is 29.4 Å². The summed E-state index contributed by atoms with van der Waals surface area (Å²) in [4.78, 5) is 56.1. The van der Waals surface area contributed by atoms with E-state index in [0.717, 1.165) is 22.0 Å². The number of phenolic OH excluding ortho intramolecular Hbond substituents is 1. The van der Waals surface area contributed by atoms with E-state index >= 15 is 0 Å². The van der Waals surface area contributed by atoms with Crippen LogP contribution >= 0.6 is 0 Å². The molecule has 0 aliphatic carbocycles. The molecule has 1 aromatic heterocycles. The normalized spacial score (nSPS) is 14.4. The first-order valence-electron chi connectivity index (χ1n) is 15.3. The number of aliphatic carboxylic acids is 1. The van der Waals surface area contributed by atoms with Gasteiger partial charge in [0.25, 0.3) is 0 Å². The van der Waals surface area contributed by atoms with Gasteiger partial charge in [0.1, 0.15) is 23.9 Å². The van der Waals surface area contributed by atoms with E-state index in [9.17, 15) is 29.4 Å². The average molecular weight is 628 g/mol. The van der Waals surface area contributed by atoms with E-state index in [2.05, 4.69) is 20.9 Å². The number of nitrogens with one attached hydrogen (secondary N) is 4. The lowest BCUT2D eigenvalue weighted by Crippen LogP contribution is -2.58. The molecule has 1 heterocycles. The summed E-state index contributed by atoms with van der Waals surface area (Å²) >= 11 is 0. The quantitative estimate of drug-likeness (QED) is 0.106. The number of carboxylic acids is 1. The zero-order chi connectivity index (χ0) is 33.2. The van der Waals surface area contributed by atoms with Gasteiger partial charge in [-0.1, -0.05) is 80.9 Å². The molecule has 0 spiro atoms. The summed E-state index contributed by atoms with van der Waals surface area (Å²) in [5.74, 6) is -3.15. The number of hydrogen-bond acceptors (Lipinski definition) is 6. The molecular formula is C35H41N5O6. The number of nitrogens with two attached hydrogens (primary N) is 1. The average Bonchev–Trinajstić information content (AvgIpc) is 3.46. The van der Waals surface area contributed by atoms with E-state index in [1.165, 1.54) is 12.1 Å². The van der Waals surface area contributed by atoms with Gasteiger partial charge >= 0.3 is 5.97 Å². The Balaban J connectivity index is 1.57. The molecule has 242 valence electrons. The molecule has 3 aromatic carbocycles. The monoisotopic (exact) mass is 627 g/mol. The number of H-pyrrole nitrogens is 1. The maximum Gasteiger partial charge on any atom is 0.326 e. The van der Waals surface area contributed by atoms with Gasteiger partial charge in [0.15, 0.2) is 0 Å². The molecule has 11 nitrogen and oxygen atoms in total. The van der Waals surface area contributed by atoms with Gasteiger partial charge in [-0.3, -0.25) is 14.4 Å². The van der Waals surface area contributed by atoms with Crippen molar-refractivity contribution in [3.05, 3.63) is 102 Å². The van der Waals surface area contributed by atoms with Gasteiger partial charge in [0.2, 0.25) is 17.7 Å². The van der Waals surface area contributed by atoms with Crippen molar-refractivity contribution in [2.75, 3.05) is 0 Å². The summed E-state index contributed by atoms with van der Waals surface area (Å²) in [6.45, 7) is 3.75. The molecule has 0 bridgehead atoms. The zero-order valence-electron chi connectivity index (χ0n) is 25.9. The highest BCUT2D eigenvalue weighted by atomic mass is 16.4. The van der Waals surface area contributed by atoms with Crippen LogP contribution in [-0.2, 0) is 38.4 Å². The van der Waals surface area contributed by atoms with Crippen molar-refractivity contribution in [3.63, 3.8) is 0 Å². The molecule has 0 radical (unpaired) electrons. The van der Waals surface area contributed by atoms with Gasteiger partial charge in [-0.05, 0) is 40.8 Å². The number of aromatic amines is 1. The summed E-state index contributed by atoms with van der Waals surface area (Å²) in [5.41, 5.74) is 9.12. The van der Waals surface area contributed by atoms with Crippen LogP contribution in [0.2, 0.25) is 0 Å². The lowest BCUT2D eigenvalue weighted by molar-refractivity contribution is -0.142. The minimum atomic E-state index is -1.28. The third-order valence-corrected chi connectivity index (χ3v) is 8.20. The topological polar surface area (TPSA) is 187 Å². The molecule has 3 amide bonds. The lowest BCUT2D eigenvalue weighted by Gasteiger charge is -2.26. The minimum absolute atomic E-state index is 0.0180. The molecule has 4 rings (SSSR count). The summed E-state index contributed by atoms with van der Waals surface area (Å²) in [6, 6.07) is 18.3. The second-order valence-electron chi connectivity index (χ2n) is 11.6. The van der Waals surface area contributed by atoms with Crippen LogP contribution < -0.4 is 21.7 Å². The van der Waals surface area contributed by atoms with Crippen LogP contribution in [-0.4, -0.2) is 63.1 Å². The fourth-order valence-corrected chi connectivity index (χ4v) is 5.18. The van der Waals surface area contributed by atoms with Gasteiger partial charge in [-0.15, -0.1) is 0 Å². The standard InChI is InChI=1S/C35H41N5O6/c1-3-21(2)31(36)34(44)39-29(18-23-13-15-25(41)16-14-23)32(42)38-28(17-22-9-5-4-6-10-22)33(43)40-30(35(45)46)19-24-20-37-27-12-8-7-11-26(24)27/h4-16,20-21,28-31,37,41H,3,17-19,36H2,1-2H3,(H,38,42)(H,39,44)(H,40,43)(H,45,46). The van der Waals surface area contributed by atoms with Gasteiger partial charge in [0, 0.05) is 36.4 Å². The first-order chi connectivity index (χ1) is 22.0. The number of amides is 3. The molecule has 8 N–H and O–H groups in total. The Morgan fingerprint density at radius 1 is 0.739 bits per heavy atom. The van der Waals surface area contributed by atoms with Crippen LogP contribution in [0.25, 0.3) is 10.9 Å². The van der Waals surface area contributed by atoms with Crippen LogP contribution in [0.3, 0.4) is 0 Å². The SMILES string of the molecule is CCC(C)C(N)C(=O)NC(Cc1ccc(O)cc1)C(=O)NC(Cc1ccccc1)C(=O)NC(Cc1c[nH]c2ccccc12)C(=O)O. The highest BCUT2D eigenvalue weighted by Gasteiger charge is 2.32. The Morgan fingerprint density at radius 2 is 1.28 bits per heavy atom. The Bertz CT molecular complexity index is 1640. The molecule has 46 heavy (non-hydrogen) atoms. The van der Waals surface area contributed by atoms with Crippen molar-refractivity contribution >= 4 is 34.6 Å². The predicted octanol–water partition coefficient (Wildman–Crippen LogP) is 2.81. The molecule has 0 aliphatic rings. The van der Waals surface area contributed by atoms with E-state index in [1.807, 2.05) is 44.2 Å². The molecule has 0 saturated heterocycles. The Morgan fingerprint density at radius 3 is 1.89 bits per heavy atom. The van der Waals surface area contributed by atoms with Crippen LogP contribution in [0, 0.1) is 5.92 Å². The molecule has 0 fully saturated rings. The van der Waals surface area contributed by atoms with Crippen molar-refractivity contribution in [3.8, 4) is 5.75 Å².